The summed E-state index contributed by atoms with van der Waals surface area (Å²) in [6, 6.07) is 3.93. The van der Waals surface area contributed by atoms with E-state index in [4.69, 9.17) is 5.11 Å². The zero-order chi connectivity index (χ0) is 13.2. The molecule has 0 spiro atoms. The van der Waals surface area contributed by atoms with Gasteiger partial charge in [-0.1, -0.05) is 6.07 Å². The summed E-state index contributed by atoms with van der Waals surface area (Å²) >= 11 is 2.95. The Bertz CT molecular complexity index is 532. The van der Waals surface area contributed by atoms with Crippen LogP contribution in [0.2, 0.25) is 0 Å². The zero-order valence-electron chi connectivity index (χ0n) is 10.1. The van der Waals surface area contributed by atoms with E-state index in [0.29, 0.717) is 4.88 Å². The Morgan fingerprint density at radius 2 is 2.33 bits per heavy atom. The maximum absolute atomic E-state index is 12.0. The number of amides is 1. The molecule has 18 heavy (non-hydrogen) atoms. The van der Waals surface area contributed by atoms with Crippen molar-refractivity contribution in [3.05, 3.63) is 28.6 Å². The fourth-order valence-corrected chi connectivity index (χ4v) is 2.92. The van der Waals surface area contributed by atoms with Crippen LogP contribution in [-0.4, -0.2) is 28.1 Å². The maximum atomic E-state index is 12.0. The number of aliphatic hydroxyl groups is 1. The number of aromatic nitrogens is 1. The van der Waals surface area contributed by atoms with E-state index in [9.17, 15) is 4.79 Å². The van der Waals surface area contributed by atoms with Crippen LogP contribution in [0.4, 0.5) is 0 Å². The minimum atomic E-state index is -0.621. The Kier molecular flexibility index (Phi) is 3.79. The lowest BCUT2D eigenvalue weighted by Gasteiger charge is -2.22. The number of carbonyl (C=O) groups is 1. The number of rotatable bonds is 4. The van der Waals surface area contributed by atoms with Crippen LogP contribution in [0.15, 0.2) is 23.7 Å². The molecule has 0 radical (unpaired) electrons. The molecular formula is C12H14N2O2S2. The van der Waals surface area contributed by atoms with E-state index in [-0.39, 0.29) is 12.5 Å². The second-order valence-corrected chi connectivity index (χ2v) is 6.48. The van der Waals surface area contributed by atoms with Crippen LogP contribution in [0.5, 0.6) is 0 Å². The molecule has 2 N–H and O–H groups in total. The van der Waals surface area contributed by atoms with Gasteiger partial charge in [0.05, 0.1) is 23.2 Å². The molecule has 0 unspecified atom stereocenters. The first kappa shape index (κ1) is 13.2. The third-order valence-corrected chi connectivity index (χ3v) is 4.34. The lowest BCUT2D eigenvalue weighted by Crippen LogP contribution is -2.46. The largest absolute Gasteiger partial charge is 0.394 e. The molecule has 2 heterocycles. The summed E-state index contributed by atoms with van der Waals surface area (Å²) in [4.78, 5) is 17.8. The van der Waals surface area contributed by atoms with Crippen LogP contribution in [0, 0.1) is 0 Å². The molecule has 0 saturated heterocycles. The standard InChI is InChI=1S/C12H14N2O2S2/c1-12(2,7-15)14-10(16)9-6-13-11(18-9)8-4-3-5-17-8/h3-6,15H,7H2,1-2H3,(H,14,16). The van der Waals surface area contributed by atoms with Crippen LogP contribution < -0.4 is 5.32 Å². The first-order valence-corrected chi connectivity index (χ1v) is 7.14. The Morgan fingerprint density at radius 1 is 1.56 bits per heavy atom. The van der Waals surface area contributed by atoms with Crippen LogP contribution in [0.1, 0.15) is 23.5 Å². The van der Waals surface area contributed by atoms with Gasteiger partial charge < -0.3 is 10.4 Å². The summed E-state index contributed by atoms with van der Waals surface area (Å²) in [5.74, 6) is -0.200. The highest BCUT2D eigenvalue weighted by Crippen LogP contribution is 2.28. The van der Waals surface area contributed by atoms with Gasteiger partial charge in [-0.25, -0.2) is 4.98 Å². The topological polar surface area (TPSA) is 62.2 Å². The van der Waals surface area contributed by atoms with Gasteiger partial charge in [-0.15, -0.1) is 22.7 Å². The molecule has 2 aromatic heterocycles. The molecule has 4 nitrogen and oxygen atoms in total. The summed E-state index contributed by atoms with van der Waals surface area (Å²) < 4.78 is 0. The predicted octanol–water partition coefficient (Wildman–Crippen LogP) is 2.37. The second-order valence-electron chi connectivity index (χ2n) is 4.50. The van der Waals surface area contributed by atoms with Crippen molar-refractivity contribution >= 4 is 28.6 Å². The number of nitrogens with zero attached hydrogens (tertiary/aromatic N) is 1. The van der Waals surface area contributed by atoms with E-state index < -0.39 is 5.54 Å². The van der Waals surface area contributed by atoms with Crippen molar-refractivity contribution in [1.82, 2.24) is 10.3 Å². The third-order valence-electron chi connectivity index (χ3n) is 2.31. The van der Waals surface area contributed by atoms with Crippen LogP contribution in [0.25, 0.3) is 9.88 Å². The molecule has 0 atom stereocenters. The van der Waals surface area contributed by atoms with E-state index in [1.165, 1.54) is 11.3 Å². The van der Waals surface area contributed by atoms with Crippen LogP contribution >= 0.6 is 22.7 Å². The fourth-order valence-electron chi connectivity index (χ4n) is 1.30. The van der Waals surface area contributed by atoms with E-state index in [1.807, 2.05) is 17.5 Å². The van der Waals surface area contributed by atoms with Gasteiger partial charge in [0.15, 0.2) is 0 Å². The summed E-state index contributed by atoms with van der Waals surface area (Å²) in [5.41, 5.74) is -0.621. The normalized spacial score (nSPS) is 11.5. The van der Waals surface area contributed by atoms with Crippen molar-refractivity contribution in [2.45, 2.75) is 19.4 Å². The molecule has 0 aromatic carbocycles. The van der Waals surface area contributed by atoms with Gasteiger partial charge in [0.1, 0.15) is 9.88 Å². The number of hydrogen-bond acceptors (Lipinski definition) is 5. The summed E-state index contributed by atoms with van der Waals surface area (Å²) in [7, 11) is 0. The molecule has 0 aliphatic carbocycles. The number of hydrogen-bond donors (Lipinski definition) is 2. The van der Waals surface area contributed by atoms with Crippen molar-refractivity contribution in [1.29, 1.82) is 0 Å². The van der Waals surface area contributed by atoms with Gasteiger partial charge >= 0.3 is 0 Å². The number of carbonyl (C=O) groups excluding carboxylic acids is 1. The summed E-state index contributed by atoms with van der Waals surface area (Å²) in [5, 5.41) is 14.7. The molecule has 6 heteroatoms. The zero-order valence-corrected chi connectivity index (χ0v) is 11.8. The molecule has 0 fully saturated rings. The van der Waals surface area contributed by atoms with E-state index in [2.05, 4.69) is 10.3 Å². The van der Waals surface area contributed by atoms with Crippen molar-refractivity contribution in [2.75, 3.05) is 6.61 Å². The number of nitrogens with one attached hydrogen (secondary N) is 1. The first-order chi connectivity index (χ1) is 8.52. The Morgan fingerprint density at radius 3 is 2.94 bits per heavy atom. The minimum Gasteiger partial charge on any atom is -0.394 e. The SMILES string of the molecule is CC(C)(CO)NC(=O)c1cnc(-c2cccs2)s1. The van der Waals surface area contributed by atoms with Crippen LogP contribution in [0.3, 0.4) is 0 Å². The van der Waals surface area contributed by atoms with Crippen LogP contribution in [-0.2, 0) is 0 Å². The molecule has 2 rings (SSSR count). The third kappa shape index (κ3) is 2.95. The smallest absolute Gasteiger partial charge is 0.263 e. The predicted molar refractivity (Wildman–Crippen MR) is 74.1 cm³/mol. The van der Waals surface area contributed by atoms with Gasteiger partial charge in [0.25, 0.3) is 5.91 Å². The average molecular weight is 282 g/mol. The van der Waals surface area contributed by atoms with Gasteiger partial charge in [-0.05, 0) is 25.3 Å². The molecule has 0 aliphatic rings. The average Bonchev–Trinajstić information content (AvgIpc) is 2.99. The van der Waals surface area contributed by atoms with Gasteiger partial charge in [-0.2, -0.15) is 0 Å². The number of thiazole rings is 1. The van der Waals surface area contributed by atoms with E-state index >= 15 is 0 Å². The lowest BCUT2D eigenvalue weighted by molar-refractivity contribution is 0.0873. The molecule has 2 aromatic rings. The van der Waals surface area contributed by atoms with Crippen molar-refractivity contribution < 1.29 is 9.90 Å². The fraction of sp³-hybridized carbons (Fsp3) is 0.333. The molecule has 1 amide bonds. The Hall–Kier alpha value is -1.24. The minimum absolute atomic E-state index is 0.102. The van der Waals surface area contributed by atoms with Crippen molar-refractivity contribution in [2.24, 2.45) is 0 Å². The monoisotopic (exact) mass is 282 g/mol. The van der Waals surface area contributed by atoms with Gasteiger partial charge in [0.2, 0.25) is 0 Å². The van der Waals surface area contributed by atoms with E-state index in [1.54, 1.807) is 31.4 Å². The molecule has 0 saturated carbocycles. The Balaban J connectivity index is 2.13. The number of thiophene rings is 1. The maximum Gasteiger partial charge on any atom is 0.263 e. The molecule has 0 bridgehead atoms. The van der Waals surface area contributed by atoms with Crippen molar-refractivity contribution in [3.63, 3.8) is 0 Å². The molecule has 0 aliphatic heterocycles. The second kappa shape index (κ2) is 5.17. The highest BCUT2D eigenvalue weighted by Gasteiger charge is 2.21. The first-order valence-electron chi connectivity index (χ1n) is 5.45. The highest BCUT2D eigenvalue weighted by molar-refractivity contribution is 7.21. The van der Waals surface area contributed by atoms with Gasteiger partial charge in [-0.3, -0.25) is 4.79 Å². The van der Waals surface area contributed by atoms with E-state index in [0.717, 1.165) is 9.88 Å². The lowest BCUT2D eigenvalue weighted by atomic mass is 10.1. The van der Waals surface area contributed by atoms with Crippen molar-refractivity contribution in [3.8, 4) is 9.88 Å². The Labute approximate surface area is 113 Å². The van der Waals surface area contributed by atoms with Gasteiger partial charge in [0, 0.05) is 0 Å². The molecular weight excluding hydrogens is 268 g/mol. The summed E-state index contributed by atoms with van der Waals surface area (Å²) in [6.07, 6.45) is 1.57. The summed E-state index contributed by atoms with van der Waals surface area (Å²) in [6.45, 7) is 3.44. The molecule has 96 valence electrons. The highest BCUT2D eigenvalue weighted by atomic mass is 32.1. The number of aliphatic hydroxyl groups excluding tert-OH is 1. The quantitative estimate of drug-likeness (QED) is 0.905.